The standard InChI is InChI=1S/C8H4F6.2C5H5N/c9-7(10,11)5-2-1-3-6(4-5)8(12,13)14;2*1-2-4-6-5-3-1/h1-4H;2*1-5H. The van der Waals surface area contributed by atoms with E-state index in [0.717, 1.165) is 6.07 Å². The van der Waals surface area contributed by atoms with E-state index in [1.807, 2.05) is 36.4 Å². The molecule has 0 amide bonds. The van der Waals surface area contributed by atoms with Crippen molar-refractivity contribution in [2.24, 2.45) is 0 Å². The average molecular weight is 372 g/mol. The molecule has 3 aromatic rings. The van der Waals surface area contributed by atoms with Crippen molar-refractivity contribution in [3.63, 3.8) is 0 Å². The van der Waals surface area contributed by atoms with Crippen LogP contribution < -0.4 is 0 Å². The van der Waals surface area contributed by atoms with Crippen molar-refractivity contribution < 1.29 is 26.3 Å². The van der Waals surface area contributed by atoms with Crippen LogP contribution in [0.25, 0.3) is 0 Å². The molecular weight excluding hydrogens is 358 g/mol. The summed E-state index contributed by atoms with van der Waals surface area (Å²) in [5.41, 5.74) is -2.60. The molecule has 0 bridgehead atoms. The predicted molar refractivity (Wildman–Crippen MR) is 84.9 cm³/mol. The Morgan fingerprint density at radius 3 is 1.04 bits per heavy atom. The Kier molecular flexibility index (Phi) is 8.27. The van der Waals surface area contributed by atoms with Crippen molar-refractivity contribution in [2.75, 3.05) is 0 Å². The summed E-state index contributed by atoms with van der Waals surface area (Å²) < 4.78 is 71.9. The van der Waals surface area contributed by atoms with Gasteiger partial charge in [0.15, 0.2) is 0 Å². The topological polar surface area (TPSA) is 25.8 Å². The molecule has 0 radical (unpaired) electrons. The normalized spacial score (nSPS) is 10.7. The van der Waals surface area contributed by atoms with Gasteiger partial charge in [-0.3, -0.25) is 9.97 Å². The molecule has 138 valence electrons. The third-order valence-electron chi connectivity index (χ3n) is 2.65. The van der Waals surface area contributed by atoms with E-state index in [4.69, 9.17) is 0 Å². The molecule has 0 N–H and O–H groups in total. The van der Waals surface area contributed by atoms with E-state index < -0.39 is 23.5 Å². The molecule has 1 aromatic carbocycles. The molecule has 8 heteroatoms. The van der Waals surface area contributed by atoms with Gasteiger partial charge in [-0.1, -0.05) is 18.2 Å². The van der Waals surface area contributed by atoms with Crippen molar-refractivity contribution in [1.29, 1.82) is 0 Å². The van der Waals surface area contributed by atoms with Crippen molar-refractivity contribution in [3.8, 4) is 0 Å². The number of hydrogen-bond acceptors (Lipinski definition) is 2. The van der Waals surface area contributed by atoms with E-state index >= 15 is 0 Å². The SMILES string of the molecule is FC(F)(F)c1cccc(C(F)(F)F)c1.c1ccncc1.c1ccncc1. The summed E-state index contributed by atoms with van der Waals surface area (Å²) in [5.74, 6) is 0. The smallest absolute Gasteiger partial charge is 0.265 e. The third kappa shape index (κ3) is 8.81. The Labute approximate surface area is 146 Å². The highest BCUT2D eigenvalue weighted by molar-refractivity contribution is 5.27. The van der Waals surface area contributed by atoms with Crippen LogP contribution in [0, 0.1) is 0 Å². The first-order valence-electron chi connectivity index (χ1n) is 7.15. The zero-order valence-electron chi connectivity index (χ0n) is 13.2. The lowest BCUT2D eigenvalue weighted by atomic mass is 10.1. The number of halogens is 6. The van der Waals surface area contributed by atoms with Gasteiger partial charge >= 0.3 is 12.4 Å². The monoisotopic (exact) mass is 372 g/mol. The molecule has 0 unspecified atom stereocenters. The fraction of sp³-hybridized carbons (Fsp3) is 0.111. The van der Waals surface area contributed by atoms with E-state index in [0.29, 0.717) is 12.1 Å². The highest BCUT2D eigenvalue weighted by Crippen LogP contribution is 2.34. The van der Waals surface area contributed by atoms with Crippen molar-refractivity contribution in [2.45, 2.75) is 12.4 Å². The van der Waals surface area contributed by atoms with Crippen LogP contribution in [0.3, 0.4) is 0 Å². The maximum absolute atomic E-state index is 12.0. The fourth-order valence-corrected chi connectivity index (χ4v) is 1.50. The van der Waals surface area contributed by atoms with Crippen molar-refractivity contribution in [1.82, 2.24) is 9.97 Å². The summed E-state index contributed by atoms with van der Waals surface area (Å²) in [6.45, 7) is 0. The number of nitrogens with zero attached hydrogens (tertiary/aromatic N) is 2. The van der Waals surface area contributed by atoms with E-state index in [9.17, 15) is 26.3 Å². The number of hydrogen-bond donors (Lipinski definition) is 0. The van der Waals surface area contributed by atoms with Crippen LogP contribution in [0.4, 0.5) is 26.3 Å². The summed E-state index contributed by atoms with van der Waals surface area (Å²) in [7, 11) is 0. The zero-order chi connectivity index (χ0) is 19.5. The van der Waals surface area contributed by atoms with Gasteiger partial charge in [0.2, 0.25) is 0 Å². The second kappa shape index (κ2) is 10.2. The van der Waals surface area contributed by atoms with E-state index in [1.54, 1.807) is 24.8 Å². The van der Waals surface area contributed by atoms with Crippen molar-refractivity contribution >= 4 is 0 Å². The van der Waals surface area contributed by atoms with Crippen LogP contribution in [-0.4, -0.2) is 9.97 Å². The number of pyridine rings is 2. The molecule has 0 spiro atoms. The first kappa shape index (κ1) is 21.1. The second-order valence-electron chi connectivity index (χ2n) is 4.63. The molecule has 3 rings (SSSR count). The van der Waals surface area contributed by atoms with Crippen LogP contribution in [0.1, 0.15) is 11.1 Å². The Morgan fingerprint density at radius 1 is 0.500 bits per heavy atom. The largest absolute Gasteiger partial charge is 0.416 e. The highest BCUT2D eigenvalue weighted by Gasteiger charge is 2.35. The summed E-state index contributed by atoms with van der Waals surface area (Å²) in [5, 5.41) is 0. The minimum absolute atomic E-state index is 0.0833. The van der Waals surface area contributed by atoms with Crippen LogP contribution in [0.2, 0.25) is 0 Å². The molecule has 0 saturated carbocycles. The quantitative estimate of drug-likeness (QED) is 0.460. The van der Waals surface area contributed by atoms with Gasteiger partial charge in [0.05, 0.1) is 11.1 Å². The number of aromatic nitrogens is 2. The first-order chi connectivity index (χ1) is 12.2. The molecule has 0 aliphatic rings. The molecule has 0 aliphatic carbocycles. The minimum atomic E-state index is -4.75. The molecule has 0 aliphatic heterocycles. The van der Waals surface area contributed by atoms with Crippen molar-refractivity contribution in [3.05, 3.63) is 96.6 Å². The summed E-state index contributed by atoms with van der Waals surface area (Å²) >= 11 is 0. The molecule has 2 heterocycles. The van der Waals surface area contributed by atoms with Gasteiger partial charge in [0, 0.05) is 24.8 Å². The maximum atomic E-state index is 12.0. The van der Waals surface area contributed by atoms with E-state index in [1.165, 1.54) is 0 Å². The zero-order valence-corrected chi connectivity index (χ0v) is 13.2. The molecule has 0 saturated heterocycles. The highest BCUT2D eigenvalue weighted by atomic mass is 19.4. The van der Waals surface area contributed by atoms with Gasteiger partial charge in [-0.05, 0) is 42.5 Å². The van der Waals surface area contributed by atoms with Gasteiger partial charge in [-0.25, -0.2) is 0 Å². The summed E-state index contributed by atoms with van der Waals surface area (Å²) in [6.07, 6.45) is -2.50. The fourth-order valence-electron chi connectivity index (χ4n) is 1.50. The third-order valence-corrected chi connectivity index (χ3v) is 2.65. The maximum Gasteiger partial charge on any atom is 0.416 e. The lowest BCUT2D eigenvalue weighted by Crippen LogP contribution is -2.09. The van der Waals surface area contributed by atoms with Gasteiger partial charge in [-0.2, -0.15) is 26.3 Å². The molecule has 0 fully saturated rings. The van der Waals surface area contributed by atoms with Gasteiger partial charge < -0.3 is 0 Å². The van der Waals surface area contributed by atoms with Crippen LogP contribution in [0.15, 0.2) is 85.5 Å². The van der Waals surface area contributed by atoms with E-state index in [-0.39, 0.29) is 6.07 Å². The number of alkyl halides is 6. The molecular formula is C18H14F6N2. The Morgan fingerprint density at radius 2 is 0.846 bits per heavy atom. The molecule has 2 nitrogen and oxygen atoms in total. The predicted octanol–water partition coefficient (Wildman–Crippen LogP) is 5.89. The van der Waals surface area contributed by atoms with Gasteiger partial charge in [0.1, 0.15) is 0 Å². The van der Waals surface area contributed by atoms with Crippen LogP contribution >= 0.6 is 0 Å². The second-order valence-corrected chi connectivity index (χ2v) is 4.63. The average Bonchev–Trinajstić information content (AvgIpc) is 2.64. The Hall–Kier alpha value is -2.90. The lowest BCUT2D eigenvalue weighted by Gasteiger charge is -2.10. The van der Waals surface area contributed by atoms with Gasteiger partial charge in [0.25, 0.3) is 0 Å². The van der Waals surface area contributed by atoms with Crippen LogP contribution in [-0.2, 0) is 12.4 Å². The Balaban J connectivity index is 0.000000230. The number of rotatable bonds is 0. The molecule has 26 heavy (non-hydrogen) atoms. The Bertz CT molecular complexity index is 614. The summed E-state index contributed by atoms with van der Waals surface area (Å²) in [6, 6.07) is 13.4. The first-order valence-corrected chi connectivity index (χ1v) is 7.15. The molecule has 0 atom stereocenters. The summed E-state index contributed by atoms with van der Waals surface area (Å²) in [4.78, 5) is 7.57. The number of benzene rings is 1. The van der Waals surface area contributed by atoms with E-state index in [2.05, 4.69) is 9.97 Å². The van der Waals surface area contributed by atoms with Gasteiger partial charge in [-0.15, -0.1) is 0 Å². The minimum Gasteiger partial charge on any atom is -0.265 e. The molecule has 2 aromatic heterocycles. The lowest BCUT2D eigenvalue weighted by molar-refractivity contribution is -0.143. The van der Waals surface area contributed by atoms with Crippen LogP contribution in [0.5, 0.6) is 0 Å².